The molecule has 0 bridgehead atoms. The van der Waals surface area contributed by atoms with Gasteiger partial charge in [0.05, 0.1) is 0 Å². The Kier molecular flexibility index (Phi) is 6.07. The molecule has 1 aromatic carbocycles. The maximum absolute atomic E-state index is 12.2. The Morgan fingerprint density at radius 1 is 1.12 bits per heavy atom. The molecule has 2 rings (SSSR count). The van der Waals surface area contributed by atoms with Crippen LogP contribution in [0.4, 0.5) is 5.69 Å². The van der Waals surface area contributed by atoms with Gasteiger partial charge < -0.3 is 10.6 Å². The first-order valence-electron chi connectivity index (χ1n) is 8.02. The summed E-state index contributed by atoms with van der Waals surface area (Å²) in [5, 5.41) is 5.60. The molecule has 24 heavy (non-hydrogen) atoms. The standard InChI is InChI=1S/C19H23N3O2/c1-13(2)16-8-4-6-14(3)19(16)22-18(24)10-17(23)21-12-15-7-5-9-20-11-15/h4-9,11,13H,10,12H2,1-3H3,(H,21,23)(H,22,24). The molecule has 0 unspecified atom stereocenters. The Labute approximate surface area is 142 Å². The normalized spacial score (nSPS) is 10.5. The van der Waals surface area contributed by atoms with E-state index in [0.717, 1.165) is 22.4 Å². The molecule has 2 aromatic rings. The van der Waals surface area contributed by atoms with E-state index in [-0.39, 0.29) is 18.2 Å². The number of aromatic nitrogens is 1. The summed E-state index contributed by atoms with van der Waals surface area (Å²) < 4.78 is 0. The van der Waals surface area contributed by atoms with Gasteiger partial charge in [-0.3, -0.25) is 14.6 Å². The van der Waals surface area contributed by atoms with Gasteiger partial charge in [-0.2, -0.15) is 0 Å². The van der Waals surface area contributed by atoms with E-state index in [9.17, 15) is 9.59 Å². The Hall–Kier alpha value is -2.69. The van der Waals surface area contributed by atoms with Crippen LogP contribution in [0, 0.1) is 6.92 Å². The van der Waals surface area contributed by atoms with Crippen LogP contribution in [0.15, 0.2) is 42.7 Å². The molecule has 0 atom stereocenters. The van der Waals surface area contributed by atoms with E-state index in [1.165, 1.54) is 0 Å². The molecule has 1 aromatic heterocycles. The fourth-order valence-electron chi connectivity index (χ4n) is 2.44. The van der Waals surface area contributed by atoms with Gasteiger partial charge in [0.1, 0.15) is 6.42 Å². The number of pyridine rings is 1. The molecule has 0 spiro atoms. The number of anilines is 1. The average Bonchev–Trinajstić information content (AvgIpc) is 2.55. The molecule has 0 saturated heterocycles. The molecule has 0 radical (unpaired) electrons. The minimum atomic E-state index is -0.310. The minimum Gasteiger partial charge on any atom is -0.352 e. The smallest absolute Gasteiger partial charge is 0.233 e. The number of carbonyl (C=O) groups excluding carboxylic acids is 2. The SMILES string of the molecule is Cc1cccc(C(C)C)c1NC(=O)CC(=O)NCc1cccnc1. The second-order valence-corrected chi connectivity index (χ2v) is 6.06. The van der Waals surface area contributed by atoms with Gasteiger partial charge in [0.25, 0.3) is 0 Å². The van der Waals surface area contributed by atoms with Crippen molar-refractivity contribution in [2.75, 3.05) is 5.32 Å². The quantitative estimate of drug-likeness (QED) is 0.802. The van der Waals surface area contributed by atoms with Crippen LogP contribution in [0.1, 0.15) is 42.9 Å². The number of para-hydroxylation sites is 1. The van der Waals surface area contributed by atoms with Crippen molar-refractivity contribution >= 4 is 17.5 Å². The van der Waals surface area contributed by atoms with Gasteiger partial charge in [-0.25, -0.2) is 0 Å². The van der Waals surface area contributed by atoms with Gasteiger partial charge in [0, 0.05) is 24.6 Å². The zero-order chi connectivity index (χ0) is 17.5. The van der Waals surface area contributed by atoms with Gasteiger partial charge in [0.2, 0.25) is 11.8 Å². The Morgan fingerprint density at radius 2 is 1.92 bits per heavy atom. The lowest BCUT2D eigenvalue weighted by atomic mass is 9.98. The Morgan fingerprint density at radius 3 is 2.58 bits per heavy atom. The van der Waals surface area contributed by atoms with Crippen molar-refractivity contribution < 1.29 is 9.59 Å². The molecule has 5 nitrogen and oxygen atoms in total. The van der Waals surface area contributed by atoms with Crippen LogP contribution in [0.25, 0.3) is 0 Å². The number of carbonyl (C=O) groups is 2. The highest BCUT2D eigenvalue weighted by atomic mass is 16.2. The number of nitrogens with zero attached hydrogens (tertiary/aromatic N) is 1. The average molecular weight is 325 g/mol. The predicted octanol–water partition coefficient (Wildman–Crippen LogP) is 3.16. The molecule has 2 amide bonds. The lowest BCUT2D eigenvalue weighted by Gasteiger charge is -2.16. The summed E-state index contributed by atoms with van der Waals surface area (Å²) >= 11 is 0. The maximum atomic E-state index is 12.2. The summed E-state index contributed by atoms with van der Waals surface area (Å²) in [6.07, 6.45) is 3.15. The molecule has 126 valence electrons. The first kappa shape index (κ1) is 17.7. The summed E-state index contributed by atoms with van der Waals surface area (Å²) in [4.78, 5) is 28.1. The third kappa shape index (κ3) is 4.91. The van der Waals surface area contributed by atoms with Crippen molar-refractivity contribution in [1.82, 2.24) is 10.3 Å². The number of hydrogen-bond acceptors (Lipinski definition) is 3. The topological polar surface area (TPSA) is 71.1 Å². The van der Waals surface area contributed by atoms with Crippen molar-refractivity contribution in [2.24, 2.45) is 0 Å². The lowest BCUT2D eigenvalue weighted by Crippen LogP contribution is -2.28. The van der Waals surface area contributed by atoms with E-state index in [4.69, 9.17) is 0 Å². The summed E-state index contributed by atoms with van der Waals surface area (Å²) in [6.45, 7) is 6.46. The zero-order valence-electron chi connectivity index (χ0n) is 14.3. The van der Waals surface area contributed by atoms with Crippen molar-refractivity contribution in [3.8, 4) is 0 Å². The third-order valence-corrected chi connectivity index (χ3v) is 3.73. The molecule has 0 saturated carbocycles. The number of hydrogen-bond donors (Lipinski definition) is 2. The van der Waals surface area contributed by atoms with Crippen LogP contribution in [0.5, 0.6) is 0 Å². The number of nitrogens with one attached hydrogen (secondary N) is 2. The number of amides is 2. The first-order valence-corrected chi connectivity index (χ1v) is 8.02. The van der Waals surface area contributed by atoms with Crippen LogP contribution >= 0.6 is 0 Å². The highest BCUT2D eigenvalue weighted by molar-refractivity contribution is 6.04. The molecule has 5 heteroatoms. The monoisotopic (exact) mass is 325 g/mol. The van der Waals surface area contributed by atoms with Crippen LogP contribution in [0.2, 0.25) is 0 Å². The molecule has 2 N–H and O–H groups in total. The van der Waals surface area contributed by atoms with E-state index < -0.39 is 0 Å². The molecule has 0 fully saturated rings. The molecular weight excluding hydrogens is 302 g/mol. The molecule has 0 aliphatic heterocycles. The van der Waals surface area contributed by atoms with Crippen molar-refractivity contribution in [3.05, 3.63) is 59.4 Å². The van der Waals surface area contributed by atoms with E-state index in [0.29, 0.717) is 12.5 Å². The van der Waals surface area contributed by atoms with E-state index >= 15 is 0 Å². The van der Waals surface area contributed by atoms with Crippen molar-refractivity contribution in [2.45, 2.75) is 39.7 Å². The van der Waals surface area contributed by atoms with Crippen LogP contribution < -0.4 is 10.6 Å². The minimum absolute atomic E-state index is 0.202. The number of aryl methyl sites for hydroxylation is 1. The highest BCUT2D eigenvalue weighted by Crippen LogP contribution is 2.27. The summed E-state index contributed by atoms with van der Waals surface area (Å²) in [5.74, 6) is -0.328. The third-order valence-electron chi connectivity index (χ3n) is 3.73. The number of benzene rings is 1. The number of rotatable bonds is 6. The van der Waals surface area contributed by atoms with Gasteiger partial charge >= 0.3 is 0 Å². The largest absolute Gasteiger partial charge is 0.352 e. The second kappa shape index (κ2) is 8.24. The first-order chi connectivity index (χ1) is 11.5. The van der Waals surface area contributed by atoms with E-state index in [1.54, 1.807) is 18.5 Å². The summed E-state index contributed by atoms with van der Waals surface area (Å²) in [6, 6.07) is 9.59. The molecule has 1 heterocycles. The van der Waals surface area contributed by atoms with Crippen molar-refractivity contribution in [1.29, 1.82) is 0 Å². The van der Waals surface area contributed by atoms with E-state index in [2.05, 4.69) is 29.5 Å². The zero-order valence-corrected chi connectivity index (χ0v) is 14.3. The fourth-order valence-corrected chi connectivity index (χ4v) is 2.44. The van der Waals surface area contributed by atoms with E-state index in [1.807, 2.05) is 31.2 Å². The lowest BCUT2D eigenvalue weighted by molar-refractivity contribution is -0.126. The maximum Gasteiger partial charge on any atom is 0.233 e. The Balaban J connectivity index is 1.92. The predicted molar refractivity (Wildman–Crippen MR) is 94.6 cm³/mol. The van der Waals surface area contributed by atoms with Crippen LogP contribution in [-0.4, -0.2) is 16.8 Å². The van der Waals surface area contributed by atoms with Crippen molar-refractivity contribution in [3.63, 3.8) is 0 Å². The molecule has 0 aliphatic carbocycles. The fraction of sp³-hybridized carbons (Fsp3) is 0.316. The molecule has 0 aliphatic rings. The Bertz CT molecular complexity index is 712. The highest BCUT2D eigenvalue weighted by Gasteiger charge is 2.14. The summed E-state index contributed by atoms with van der Waals surface area (Å²) in [7, 11) is 0. The second-order valence-electron chi connectivity index (χ2n) is 6.06. The molecular formula is C19H23N3O2. The van der Waals surface area contributed by atoms with Crippen LogP contribution in [0.3, 0.4) is 0 Å². The van der Waals surface area contributed by atoms with Gasteiger partial charge in [-0.15, -0.1) is 0 Å². The van der Waals surface area contributed by atoms with Gasteiger partial charge in [-0.1, -0.05) is 38.1 Å². The van der Waals surface area contributed by atoms with Gasteiger partial charge in [-0.05, 0) is 35.6 Å². The van der Waals surface area contributed by atoms with Gasteiger partial charge in [0.15, 0.2) is 0 Å². The van der Waals surface area contributed by atoms with Crippen LogP contribution in [-0.2, 0) is 16.1 Å². The summed E-state index contributed by atoms with van der Waals surface area (Å²) in [5.41, 5.74) is 3.76.